The third kappa shape index (κ3) is 4.44. The molecule has 0 radical (unpaired) electrons. The maximum atomic E-state index is 13.3. The number of rotatable bonds is 3. The molecule has 1 atom stereocenters. The molecule has 1 aliphatic heterocycles. The SMILES string of the molecule is CC(C)[C@@H]1N=C(c2ccc(F)cc2)c2cc(OC(F)(F)F)ccc2NC1=S. The normalized spacial score (nSPS) is 17.1. The first-order valence-electron chi connectivity index (χ1n) is 8.19. The van der Waals surface area contributed by atoms with Crippen molar-refractivity contribution in [3.8, 4) is 5.75 Å². The lowest BCUT2D eigenvalue weighted by Crippen LogP contribution is -2.28. The average molecular weight is 396 g/mol. The predicted molar refractivity (Wildman–Crippen MR) is 100 cm³/mol. The summed E-state index contributed by atoms with van der Waals surface area (Å²) in [5.41, 5.74) is 1.90. The second-order valence-electron chi connectivity index (χ2n) is 6.42. The number of fused-ring (bicyclic) bond motifs is 1. The molecule has 0 aromatic heterocycles. The summed E-state index contributed by atoms with van der Waals surface area (Å²) in [5, 5.41) is 3.06. The Hall–Kier alpha value is -2.48. The Morgan fingerprint density at radius 1 is 1.11 bits per heavy atom. The standard InChI is InChI=1S/C19H16F4N2OS/c1-10(2)16-18(27)24-15-8-7-13(26-19(21,22)23)9-14(15)17(25-16)11-3-5-12(20)6-4-11/h3-10,16H,1-2H3,(H,24,27)/t16-/m0/s1. The van der Waals surface area contributed by atoms with Crippen LogP contribution in [0, 0.1) is 11.7 Å². The summed E-state index contributed by atoms with van der Waals surface area (Å²) in [6.45, 7) is 3.89. The summed E-state index contributed by atoms with van der Waals surface area (Å²) in [6.07, 6.45) is -4.81. The topological polar surface area (TPSA) is 33.6 Å². The number of benzene rings is 2. The molecule has 1 aliphatic rings. The first-order chi connectivity index (χ1) is 12.6. The van der Waals surface area contributed by atoms with Crippen LogP contribution in [0.3, 0.4) is 0 Å². The summed E-state index contributed by atoms with van der Waals surface area (Å²) in [7, 11) is 0. The van der Waals surface area contributed by atoms with Gasteiger partial charge in [0.15, 0.2) is 0 Å². The lowest BCUT2D eigenvalue weighted by Gasteiger charge is -2.17. The van der Waals surface area contributed by atoms with Gasteiger partial charge in [0.1, 0.15) is 22.6 Å². The monoisotopic (exact) mass is 396 g/mol. The van der Waals surface area contributed by atoms with E-state index < -0.39 is 12.2 Å². The Morgan fingerprint density at radius 2 is 1.78 bits per heavy atom. The molecular weight excluding hydrogens is 380 g/mol. The Kier molecular flexibility index (Phi) is 5.19. The lowest BCUT2D eigenvalue weighted by molar-refractivity contribution is -0.274. The number of halogens is 4. The molecule has 27 heavy (non-hydrogen) atoms. The first-order valence-corrected chi connectivity index (χ1v) is 8.59. The van der Waals surface area contributed by atoms with Gasteiger partial charge in [-0.25, -0.2) is 4.39 Å². The number of benzodiazepines with no additional fused rings is 1. The quantitative estimate of drug-likeness (QED) is 0.562. The van der Waals surface area contributed by atoms with Crippen LogP contribution in [0.1, 0.15) is 25.0 Å². The zero-order chi connectivity index (χ0) is 19.8. The Balaban J connectivity index is 2.17. The fourth-order valence-corrected chi connectivity index (χ4v) is 3.22. The number of nitrogens with zero attached hydrogens (tertiary/aromatic N) is 1. The number of ether oxygens (including phenoxy) is 1. The molecule has 2 aromatic rings. The second-order valence-corrected chi connectivity index (χ2v) is 6.86. The van der Waals surface area contributed by atoms with Crippen LogP contribution in [-0.2, 0) is 0 Å². The van der Waals surface area contributed by atoms with Crippen molar-refractivity contribution in [1.82, 2.24) is 0 Å². The van der Waals surface area contributed by atoms with Gasteiger partial charge in [-0.2, -0.15) is 0 Å². The summed E-state index contributed by atoms with van der Waals surface area (Å²) >= 11 is 5.42. The molecule has 0 saturated carbocycles. The van der Waals surface area contributed by atoms with Crippen molar-refractivity contribution in [3.63, 3.8) is 0 Å². The zero-order valence-corrected chi connectivity index (χ0v) is 15.3. The maximum Gasteiger partial charge on any atom is 0.573 e. The smallest absolute Gasteiger partial charge is 0.406 e. The first kappa shape index (κ1) is 19.3. The molecule has 0 fully saturated rings. The van der Waals surface area contributed by atoms with E-state index in [-0.39, 0.29) is 17.7 Å². The minimum absolute atomic E-state index is 0.0562. The van der Waals surface area contributed by atoms with Gasteiger partial charge in [0.2, 0.25) is 0 Å². The van der Waals surface area contributed by atoms with Gasteiger partial charge in [-0.15, -0.1) is 13.2 Å². The number of nitrogens with one attached hydrogen (secondary N) is 1. The van der Waals surface area contributed by atoms with Crippen molar-refractivity contribution in [2.24, 2.45) is 10.9 Å². The van der Waals surface area contributed by atoms with Gasteiger partial charge in [0.05, 0.1) is 5.71 Å². The third-order valence-corrected chi connectivity index (χ3v) is 4.37. The van der Waals surface area contributed by atoms with E-state index in [0.717, 1.165) is 0 Å². The minimum atomic E-state index is -4.81. The highest BCUT2D eigenvalue weighted by molar-refractivity contribution is 7.80. The van der Waals surface area contributed by atoms with Gasteiger partial charge in [0.25, 0.3) is 0 Å². The van der Waals surface area contributed by atoms with Gasteiger partial charge < -0.3 is 10.1 Å². The Bertz CT molecular complexity index is 892. The van der Waals surface area contributed by atoms with E-state index in [2.05, 4.69) is 15.0 Å². The molecule has 8 heteroatoms. The van der Waals surface area contributed by atoms with Gasteiger partial charge >= 0.3 is 6.36 Å². The summed E-state index contributed by atoms with van der Waals surface area (Å²) in [4.78, 5) is 5.15. The Labute approximate surface area is 159 Å². The molecule has 1 heterocycles. The Morgan fingerprint density at radius 3 is 2.37 bits per heavy atom. The van der Waals surface area contributed by atoms with Gasteiger partial charge in [-0.05, 0) is 48.4 Å². The number of hydrogen-bond acceptors (Lipinski definition) is 3. The molecule has 3 nitrogen and oxygen atoms in total. The highest BCUT2D eigenvalue weighted by atomic mass is 32.1. The van der Waals surface area contributed by atoms with Crippen molar-refractivity contribution in [3.05, 3.63) is 59.4 Å². The van der Waals surface area contributed by atoms with E-state index in [0.29, 0.717) is 27.5 Å². The highest BCUT2D eigenvalue weighted by Crippen LogP contribution is 2.32. The molecule has 142 valence electrons. The van der Waals surface area contributed by atoms with Gasteiger partial charge in [0, 0.05) is 16.8 Å². The molecular formula is C19H16F4N2OS. The average Bonchev–Trinajstić information content (AvgIpc) is 2.70. The van der Waals surface area contributed by atoms with Crippen LogP contribution in [0.25, 0.3) is 0 Å². The van der Waals surface area contributed by atoms with Crippen molar-refractivity contribution < 1.29 is 22.3 Å². The zero-order valence-electron chi connectivity index (χ0n) is 14.5. The van der Waals surface area contributed by atoms with Crippen molar-refractivity contribution in [2.75, 3.05) is 5.32 Å². The third-order valence-electron chi connectivity index (χ3n) is 4.02. The summed E-state index contributed by atoms with van der Waals surface area (Å²) < 4.78 is 55.2. The van der Waals surface area contributed by atoms with E-state index >= 15 is 0 Å². The minimum Gasteiger partial charge on any atom is -0.406 e. The number of alkyl halides is 3. The van der Waals surface area contributed by atoms with Crippen molar-refractivity contribution in [2.45, 2.75) is 26.3 Å². The van der Waals surface area contributed by atoms with E-state index in [4.69, 9.17) is 12.2 Å². The molecule has 0 spiro atoms. The molecule has 0 saturated heterocycles. The maximum absolute atomic E-state index is 13.3. The number of thiocarbonyl (C=S) groups is 1. The largest absolute Gasteiger partial charge is 0.573 e. The molecule has 0 unspecified atom stereocenters. The van der Waals surface area contributed by atoms with Crippen LogP contribution < -0.4 is 10.1 Å². The molecule has 0 aliphatic carbocycles. The summed E-state index contributed by atoms with van der Waals surface area (Å²) in [5.74, 6) is -0.733. The van der Waals surface area contributed by atoms with Crippen molar-refractivity contribution >= 4 is 28.6 Å². The molecule has 1 N–H and O–H groups in total. The molecule has 3 rings (SSSR count). The van der Waals surface area contributed by atoms with E-state index in [9.17, 15) is 17.6 Å². The van der Waals surface area contributed by atoms with Gasteiger partial charge in [-0.1, -0.05) is 26.1 Å². The van der Waals surface area contributed by atoms with E-state index in [1.54, 1.807) is 0 Å². The fourth-order valence-electron chi connectivity index (χ4n) is 2.79. The molecule has 2 aromatic carbocycles. The van der Waals surface area contributed by atoms with Gasteiger partial charge in [-0.3, -0.25) is 4.99 Å². The summed E-state index contributed by atoms with van der Waals surface area (Å²) in [6, 6.07) is 9.15. The van der Waals surface area contributed by atoms with Crippen LogP contribution in [0.15, 0.2) is 47.5 Å². The highest BCUT2D eigenvalue weighted by Gasteiger charge is 2.32. The lowest BCUT2D eigenvalue weighted by atomic mass is 9.99. The van der Waals surface area contributed by atoms with Crippen LogP contribution in [0.4, 0.5) is 23.2 Å². The number of aliphatic imine (C=N–C) groups is 1. The number of hydrogen-bond donors (Lipinski definition) is 1. The van der Waals surface area contributed by atoms with Crippen LogP contribution in [0.5, 0.6) is 5.75 Å². The second kappa shape index (κ2) is 7.26. The van der Waals surface area contributed by atoms with Crippen molar-refractivity contribution in [1.29, 1.82) is 0 Å². The van der Waals surface area contributed by atoms with E-state index in [1.165, 1.54) is 42.5 Å². The molecule has 0 amide bonds. The van der Waals surface area contributed by atoms with Crippen LogP contribution >= 0.6 is 12.2 Å². The molecule has 0 bridgehead atoms. The van der Waals surface area contributed by atoms with E-state index in [1.807, 2.05) is 13.8 Å². The number of anilines is 1. The van der Waals surface area contributed by atoms with Crippen LogP contribution in [0.2, 0.25) is 0 Å². The predicted octanol–water partition coefficient (Wildman–Crippen LogP) is 5.34. The fraction of sp³-hybridized carbons (Fsp3) is 0.263. The van der Waals surface area contributed by atoms with Crippen LogP contribution in [-0.4, -0.2) is 23.1 Å².